The SMILES string of the molecule is COB(O)[C@H](CCCCN)NC(=O)[C@@H](NC(=O)[C@H](C)NC(=O)OC(C)(C)C)C(C)C. The molecule has 0 aliphatic rings. The number of unbranched alkanes of at least 4 members (excludes halogenated alkanes) is 1. The van der Waals surface area contributed by atoms with Crippen LogP contribution in [0.3, 0.4) is 0 Å². The van der Waals surface area contributed by atoms with E-state index in [0.29, 0.717) is 19.4 Å². The van der Waals surface area contributed by atoms with Crippen LogP contribution in [0.1, 0.15) is 60.8 Å². The minimum absolute atomic E-state index is 0.230. The maximum Gasteiger partial charge on any atom is 0.477 e. The summed E-state index contributed by atoms with van der Waals surface area (Å²) in [5.74, 6) is -1.84. The maximum atomic E-state index is 12.8. The van der Waals surface area contributed by atoms with Gasteiger partial charge in [0.25, 0.3) is 0 Å². The summed E-state index contributed by atoms with van der Waals surface area (Å²) in [6.07, 6.45) is 1.21. The molecule has 10 nitrogen and oxygen atoms in total. The Labute approximate surface area is 180 Å². The van der Waals surface area contributed by atoms with Crippen LogP contribution in [-0.2, 0) is 19.0 Å². The molecule has 174 valence electrons. The molecule has 0 aromatic carbocycles. The lowest BCUT2D eigenvalue weighted by molar-refractivity contribution is -0.131. The fourth-order valence-corrected chi connectivity index (χ4v) is 2.59. The first kappa shape index (κ1) is 28.2. The molecule has 0 saturated heterocycles. The first-order valence-electron chi connectivity index (χ1n) is 10.3. The van der Waals surface area contributed by atoms with Crippen LogP contribution in [0, 0.1) is 5.92 Å². The van der Waals surface area contributed by atoms with Crippen molar-refractivity contribution in [3.05, 3.63) is 0 Å². The van der Waals surface area contributed by atoms with Crippen molar-refractivity contribution in [3.63, 3.8) is 0 Å². The molecule has 0 radical (unpaired) electrons. The Morgan fingerprint density at radius 3 is 2.10 bits per heavy atom. The standard InChI is InChI=1S/C19H39BN4O6/c1-12(2)15(17(26)23-14(20(28)29-7)10-8-9-11-21)24-16(25)13(3)22-18(27)30-19(4,5)6/h12-15,28H,8-11,21H2,1-7H3,(H,22,27)(H,23,26)(H,24,25)/t13-,14-,15-/m0/s1. The molecule has 0 aromatic rings. The minimum Gasteiger partial charge on any atom is -0.444 e. The number of rotatable bonds is 12. The number of nitrogens with one attached hydrogen (secondary N) is 3. The van der Waals surface area contributed by atoms with Crippen LogP contribution in [0.2, 0.25) is 0 Å². The van der Waals surface area contributed by atoms with Crippen LogP contribution in [-0.4, -0.2) is 67.3 Å². The molecule has 0 heterocycles. The molecule has 11 heteroatoms. The van der Waals surface area contributed by atoms with Gasteiger partial charge in [-0.25, -0.2) is 4.79 Å². The van der Waals surface area contributed by atoms with Crippen LogP contribution < -0.4 is 21.7 Å². The molecule has 3 amide bonds. The van der Waals surface area contributed by atoms with Gasteiger partial charge in [0.1, 0.15) is 17.7 Å². The third kappa shape index (κ3) is 11.4. The van der Waals surface area contributed by atoms with E-state index >= 15 is 0 Å². The molecular weight excluding hydrogens is 391 g/mol. The zero-order valence-corrected chi connectivity index (χ0v) is 19.3. The van der Waals surface area contributed by atoms with Crippen molar-refractivity contribution in [3.8, 4) is 0 Å². The quantitative estimate of drug-likeness (QED) is 0.221. The van der Waals surface area contributed by atoms with Gasteiger partial charge in [-0.1, -0.05) is 20.3 Å². The van der Waals surface area contributed by atoms with E-state index in [1.54, 1.807) is 34.6 Å². The normalized spacial score (nSPS) is 14.5. The van der Waals surface area contributed by atoms with Crippen molar-refractivity contribution >= 4 is 25.0 Å². The van der Waals surface area contributed by atoms with E-state index in [2.05, 4.69) is 16.0 Å². The second kappa shape index (κ2) is 13.5. The second-order valence-electron chi connectivity index (χ2n) is 8.62. The van der Waals surface area contributed by atoms with Crippen molar-refractivity contribution in [1.29, 1.82) is 0 Å². The van der Waals surface area contributed by atoms with E-state index in [0.717, 1.165) is 6.42 Å². The zero-order chi connectivity index (χ0) is 23.5. The number of carbonyl (C=O) groups excluding carboxylic acids is 3. The van der Waals surface area contributed by atoms with Crippen LogP contribution in [0.15, 0.2) is 0 Å². The Hall–Kier alpha value is -1.85. The first-order chi connectivity index (χ1) is 13.8. The van der Waals surface area contributed by atoms with E-state index in [1.165, 1.54) is 14.0 Å². The number of amides is 3. The number of nitrogens with two attached hydrogens (primary N) is 1. The van der Waals surface area contributed by atoms with Crippen LogP contribution in [0.25, 0.3) is 0 Å². The lowest BCUT2D eigenvalue weighted by atomic mass is 9.75. The van der Waals surface area contributed by atoms with Gasteiger partial charge >= 0.3 is 13.2 Å². The molecule has 0 spiro atoms. The lowest BCUT2D eigenvalue weighted by Gasteiger charge is -2.27. The Bertz CT molecular complexity index is 556. The van der Waals surface area contributed by atoms with Gasteiger partial charge in [-0.05, 0) is 53.0 Å². The molecule has 0 bridgehead atoms. The smallest absolute Gasteiger partial charge is 0.444 e. The summed E-state index contributed by atoms with van der Waals surface area (Å²) in [7, 11) is 0.168. The topological polar surface area (TPSA) is 152 Å². The van der Waals surface area contributed by atoms with Crippen LogP contribution in [0.5, 0.6) is 0 Å². The molecule has 0 aliphatic carbocycles. The van der Waals surface area contributed by atoms with Gasteiger partial charge in [0.2, 0.25) is 11.8 Å². The van der Waals surface area contributed by atoms with Gasteiger partial charge < -0.3 is 36.1 Å². The highest BCUT2D eigenvalue weighted by Crippen LogP contribution is 2.09. The van der Waals surface area contributed by atoms with Gasteiger partial charge in [0.05, 0.1) is 5.94 Å². The molecule has 0 saturated carbocycles. The highest BCUT2D eigenvalue weighted by Gasteiger charge is 2.32. The Kier molecular flexibility index (Phi) is 12.6. The highest BCUT2D eigenvalue weighted by atomic mass is 16.6. The number of carbonyl (C=O) groups is 3. The second-order valence-corrected chi connectivity index (χ2v) is 8.62. The van der Waals surface area contributed by atoms with E-state index < -0.39 is 48.7 Å². The van der Waals surface area contributed by atoms with Gasteiger partial charge in [-0.3, -0.25) is 9.59 Å². The number of ether oxygens (including phenoxy) is 1. The fraction of sp³-hybridized carbons (Fsp3) is 0.842. The fourth-order valence-electron chi connectivity index (χ4n) is 2.59. The largest absolute Gasteiger partial charge is 0.477 e. The highest BCUT2D eigenvalue weighted by molar-refractivity contribution is 6.45. The van der Waals surface area contributed by atoms with Crippen molar-refractivity contribution < 1.29 is 28.8 Å². The Balaban J connectivity index is 5.01. The molecule has 30 heavy (non-hydrogen) atoms. The summed E-state index contributed by atoms with van der Waals surface area (Å²) in [4.78, 5) is 37.2. The van der Waals surface area contributed by atoms with E-state index in [1.807, 2.05) is 0 Å². The molecule has 0 unspecified atom stereocenters. The molecular formula is C19H39BN4O6. The zero-order valence-electron chi connectivity index (χ0n) is 19.3. The third-order valence-corrected chi connectivity index (χ3v) is 4.26. The van der Waals surface area contributed by atoms with Crippen molar-refractivity contribution in [2.45, 2.75) is 84.4 Å². The Morgan fingerprint density at radius 2 is 1.63 bits per heavy atom. The molecule has 6 N–H and O–H groups in total. The lowest BCUT2D eigenvalue weighted by Crippen LogP contribution is -2.58. The van der Waals surface area contributed by atoms with Crippen molar-refractivity contribution in [2.24, 2.45) is 11.7 Å². The molecule has 0 fully saturated rings. The van der Waals surface area contributed by atoms with Crippen molar-refractivity contribution in [1.82, 2.24) is 16.0 Å². The predicted octanol–water partition coefficient (Wildman–Crippen LogP) is 0.320. The van der Waals surface area contributed by atoms with Gasteiger partial charge in [0.15, 0.2) is 0 Å². The number of hydrogen-bond acceptors (Lipinski definition) is 7. The first-order valence-corrected chi connectivity index (χ1v) is 10.3. The minimum atomic E-state index is -1.18. The predicted molar refractivity (Wildman–Crippen MR) is 115 cm³/mol. The van der Waals surface area contributed by atoms with E-state index in [4.69, 9.17) is 15.1 Å². The molecule has 0 rings (SSSR count). The molecule has 0 aliphatic heterocycles. The summed E-state index contributed by atoms with van der Waals surface area (Å²) in [6.45, 7) is 10.7. The van der Waals surface area contributed by atoms with E-state index in [9.17, 15) is 19.4 Å². The third-order valence-electron chi connectivity index (χ3n) is 4.26. The van der Waals surface area contributed by atoms with Crippen LogP contribution >= 0.6 is 0 Å². The van der Waals surface area contributed by atoms with Gasteiger partial charge in [0, 0.05) is 7.11 Å². The summed E-state index contributed by atoms with van der Waals surface area (Å²) < 4.78 is 10.1. The van der Waals surface area contributed by atoms with Gasteiger partial charge in [-0.2, -0.15) is 0 Å². The van der Waals surface area contributed by atoms with E-state index in [-0.39, 0.29) is 5.92 Å². The number of hydrogen-bond donors (Lipinski definition) is 5. The molecule has 3 atom stereocenters. The summed E-state index contributed by atoms with van der Waals surface area (Å²) in [5.41, 5.74) is 4.80. The summed E-state index contributed by atoms with van der Waals surface area (Å²) in [6, 6.07) is -1.76. The monoisotopic (exact) mass is 430 g/mol. The van der Waals surface area contributed by atoms with Crippen LogP contribution in [0.4, 0.5) is 4.79 Å². The molecule has 0 aromatic heterocycles. The average molecular weight is 430 g/mol. The number of alkyl carbamates (subject to hydrolysis) is 1. The van der Waals surface area contributed by atoms with Crippen molar-refractivity contribution in [2.75, 3.05) is 13.7 Å². The maximum absolute atomic E-state index is 12.8. The average Bonchev–Trinajstić information content (AvgIpc) is 2.62. The Morgan fingerprint density at radius 1 is 1.03 bits per heavy atom. The summed E-state index contributed by atoms with van der Waals surface area (Å²) >= 11 is 0. The van der Waals surface area contributed by atoms with Gasteiger partial charge in [-0.15, -0.1) is 0 Å². The summed E-state index contributed by atoms with van der Waals surface area (Å²) in [5, 5.41) is 17.9.